The molecule has 3 unspecified atom stereocenters. The number of rotatable bonds is 4. The van der Waals surface area contributed by atoms with Crippen molar-refractivity contribution in [2.45, 2.75) is 18.2 Å². The maximum atomic E-state index is 13.4. The summed E-state index contributed by atoms with van der Waals surface area (Å²) in [7, 11) is 0. The molecule has 1 aromatic carbocycles. The SMILES string of the molecule is O=C(NCc1ccncc1)C1C2C(=O)N(c3ccc4c(c3)OCO4)CC23C=C[C@@H]1O3. The molecule has 2 amide bonds. The molecule has 8 heteroatoms. The van der Waals surface area contributed by atoms with Crippen LogP contribution in [0.1, 0.15) is 5.56 Å². The molecule has 152 valence electrons. The van der Waals surface area contributed by atoms with Crippen molar-refractivity contribution in [3.8, 4) is 11.5 Å². The summed E-state index contributed by atoms with van der Waals surface area (Å²) >= 11 is 0. The first-order chi connectivity index (χ1) is 14.6. The highest BCUT2D eigenvalue weighted by Gasteiger charge is 2.67. The Morgan fingerprint density at radius 2 is 2.03 bits per heavy atom. The normalized spacial score (nSPS) is 30.1. The van der Waals surface area contributed by atoms with E-state index in [0.717, 1.165) is 5.56 Å². The van der Waals surface area contributed by atoms with Gasteiger partial charge in [-0.2, -0.15) is 0 Å². The Morgan fingerprint density at radius 1 is 1.20 bits per heavy atom. The van der Waals surface area contributed by atoms with Crippen molar-refractivity contribution < 1.29 is 23.8 Å². The van der Waals surface area contributed by atoms with Crippen molar-refractivity contribution >= 4 is 17.5 Å². The van der Waals surface area contributed by atoms with Crippen molar-refractivity contribution in [2.75, 3.05) is 18.2 Å². The van der Waals surface area contributed by atoms with Gasteiger partial charge in [0.15, 0.2) is 11.5 Å². The van der Waals surface area contributed by atoms with Gasteiger partial charge in [0, 0.05) is 30.7 Å². The lowest BCUT2D eigenvalue weighted by molar-refractivity contribution is -0.132. The van der Waals surface area contributed by atoms with Crippen LogP contribution in [0.25, 0.3) is 0 Å². The molecule has 4 atom stereocenters. The molecule has 1 aromatic heterocycles. The van der Waals surface area contributed by atoms with E-state index in [-0.39, 0.29) is 24.7 Å². The second-order valence-corrected chi connectivity index (χ2v) is 7.94. The molecule has 2 aromatic rings. The van der Waals surface area contributed by atoms with Crippen LogP contribution < -0.4 is 19.7 Å². The Balaban J connectivity index is 1.25. The van der Waals surface area contributed by atoms with E-state index < -0.39 is 17.4 Å². The fraction of sp³-hybridized carbons (Fsp3) is 0.318. The number of amides is 2. The number of carbonyl (C=O) groups is 2. The molecule has 30 heavy (non-hydrogen) atoms. The molecule has 1 N–H and O–H groups in total. The second kappa shape index (κ2) is 6.30. The monoisotopic (exact) mass is 405 g/mol. The van der Waals surface area contributed by atoms with Crippen LogP contribution in [0.5, 0.6) is 11.5 Å². The standard InChI is InChI=1S/C22H19N3O5/c26-20(24-10-13-4-7-23-8-5-13)18-16-3-6-22(30-16)11-25(21(27)19(18)22)14-1-2-15-17(9-14)29-12-28-15/h1-9,16,18-19H,10-12H2,(H,24,26)/t16-,18?,19?,22?/m0/s1. The zero-order valence-electron chi connectivity index (χ0n) is 16.0. The number of anilines is 1. The number of ether oxygens (including phenoxy) is 3. The van der Waals surface area contributed by atoms with Crippen LogP contribution in [0.2, 0.25) is 0 Å². The predicted octanol–water partition coefficient (Wildman–Crippen LogP) is 1.41. The van der Waals surface area contributed by atoms with E-state index in [1.165, 1.54) is 0 Å². The average molecular weight is 405 g/mol. The molecule has 4 aliphatic heterocycles. The Hall–Kier alpha value is -3.39. The molecule has 2 saturated heterocycles. The third-order valence-corrected chi connectivity index (χ3v) is 6.29. The number of pyridine rings is 1. The third-order valence-electron chi connectivity index (χ3n) is 6.29. The molecule has 1 spiro atoms. The highest BCUT2D eigenvalue weighted by atomic mass is 16.7. The van der Waals surface area contributed by atoms with Crippen LogP contribution in [-0.2, 0) is 20.9 Å². The smallest absolute Gasteiger partial charge is 0.234 e. The van der Waals surface area contributed by atoms with Gasteiger partial charge in [-0.3, -0.25) is 14.6 Å². The van der Waals surface area contributed by atoms with Crippen LogP contribution in [-0.4, -0.2) is 41.8 Å². The van der Waals surface area contributed by atoms with Crippen molar-refractivity contribution in [1.82, 2.24) is 10.3 Å². The van der Waals surface area contributed by atoms with Gasteiger partial charge in [0.25, 0.3) is 0 Å². The largest absolute Gasteiger partial charge is 0.454 e. The number of nitrogens with one attached hydrogen (secondary N) is 1. The maximum Gasteiger partial charge on any atom is 0.234 e. The van der Waals surface area contributed by atoms with Crippen LogP contribution in [0.15, 0.2) is 54.9 Å². The summed E-state index contributed by atoms with van der Waals surface area (Å²) in [6, 6.07) is 9.12. The minimum absolute atomic E-state index is 0.107. The number of hydrogen-bond acceptors (Lipinski definition) is 6. The highest BCUT2D eigenvalue weighted by Crippen LogP contribution is 2.53. The number of hydrogen-bond donors (Lipinski definition) is 1. The zero-order valence-corrected chi connectivity index (χ0v) is 16.0. The van der Waals surface area contributed by atoms with E-state index >= 15 is 0 Å². The van der Waals surface area contributed by atoms with Gasteiger partial charge in [0.1, 0.15) is 5.60 Å². The zero-order chi connectivity index (χ0) is 20.3. The van der Waals surface area contributed by atoms with Gasteiger partial charge >= 0.3 is 0 Å². The highest BCUT2D eigenvalue weighted by molar-refractivity contribution is 6.03. The molecule has 6 rings (SSSR count). The number of aromatic nitrogens is 1. The van der Waals surface area contributed by atoms with Crippen molar-refractivity contribution in [2.24, 2.45) is 11.8 Å². The molecule has 0 saturated carbocycles. The first kappa shape index (κ1) is 17.5. The van der Waals surface area contributed by atoms with E-state index in [0.29, 0.717) is 30.3 Å². The first-order valence-electron chi connectivity index (χ1n) is 9.89. The van der Waals surface area contributed by atoms with E-state index in [4.69, 9.17) is 14.2 Å². The summed E-state index contributed by atoms with van der Waals surface area (Å²) in [5.41, 5.74) is 0.897. The van der Waals surface area contributed by atoms with Crippen LogP contribution >= 0.6 is 0 Å². The fourth-order valence-electron chi connectivity index (χ4n) is 4.88. The number of fused-ring (bicyclic) bond motifs is 2. The Morgan fingerprint density at radius 3 is 2.90 bits per heavy atom. The average Bonchev–Trinajstić information content (AvgIpc) is 3.53. The maximum absolute atomic E-state index is 13.4. The predicted molar refractivity (Wildman–Crippen MR) is 105 cm³/mol. The van der Waals surface area contributed by atoms with Crippen LogP contribution in [0.4, 0.5) is 5.69 Å². The summed E-state index contributed by atoms with van der Waals surface area (Å²) in [5.74, 6) is -0.103. The summed E-state index contributed by atoms with van der Waals surface area (Å²) in [5, 5.41) is 2.96. The molecule has 8 nitrogen and oxygen atoms in total. The van der Waals surface area contributed by atoms with Crippen molar-refractivity contribution in [3.05, 3.63) is 60.4 Å². The third kappa shape index (κ3) is 2.46. The van der Waals surface area contributed by atoms with Gasteiger partial charge in [-0.1, -0.05) is 12.2 Å². The van der Waals surface area contributed by atoms with E-state index in [9.17, 15) is 9.59 Å². The molecular weight excluding hydrogens is 386 g/mol. The van der Waals surface area contributed by atoms with E-state index in [1.807, 2.05) is 30.4 Å². The summed E-state index contributed by atoms with van der Waals surface area (Å²) in [6.45, 7) is 0.928. The lowest BCUT2D eigenvalue weighted by atomic mass is 9.77. The minimum Gasteiger partial charge on any atom is -0.454 e. The molecule has 0 aliphatic carbocycles. The second-order valence-electron chi connectivity index (χ2n) is 7.94. The van der Waals surface area contributed by atoms with Gasteiger partial charge in [-0.05, 0) is 29.8 Å². The Bertz CT molecular complexity index is 1070. The Labute approximate surface area is 172 Å². The molecule has 5 heterocycles. The van der Waals surface area contributed by atoms with Crippen LogP contribution in [0, 0.1) is 11.8 Å². The lowest BCUT2D eigenvalue weighted by Crippen LogP contribution is -2.43. The summed E-state index contributed by atoms with van der Waals surface area (Å²) < 4.78 is 17.0. The van der Waals surface area contributed by atoms with Gasteiger partial charge in [0.05, 0.1) is 24.5 Å². The lowest BCUT2D eigenvalue weighted by Gasteiger charge is -2.23. The topological polar surface area (TPSA) is 90.0 Å². The molecule has 4 aliphatic rings. The van der Waals surface area contributed by atoms with Gasteiger partial charge in [-0.15, -0.1) is 0 Å². The number of benzene rings is 1. The van der Waals surface area contributed by atoms with Crippen molar-refractivity contribution in [3.63, 3.8) is 0 Å². The van der Waals surface area contributed by atoms with E-state index in [1.54, 1.807) is 29.4 Å². The van der Waals surface area contributed by atoms with Crippen molar-refractivity contribution in [1.29, 1.82) is 0 Å². The molecule has 2 bridgehead atoms. The first-order valence-corrected chi connectivity index (χ1v) is 9.89. The Kier molecular flexibility index (Phi) is 3.67. The van der Waals surface area contributed by atoms with Gasteiger partial charge < -0.3 is 24.4 Å². The van der Waals surface area contributed by atoms with Crippen LogP contribution in [0.3, 0.4) is 0 Å². The van der Waals surface area contributed by atoms with Gasteiger partial charge in [0.2, 0.25) is 18.6 Å². The molecule has 0 radical (unpaired) electrons. The van der Waals surface area contributed by atoms with E-state index in [2.05, 4.69) is 10.3 Å². The minimum atomic E-state index is -0.767. The molecule has 2 fully saturated rings. The van der Waals surface area contributed by atoms with Gasteiger partial charge in [-0.25, -0.2) is 0 Å². The summed E-state index contributed by atoms with van der Waals surface area (Å²) in [4.78, 5) is 32.1. The quantitative estimate of drug-likeness (QED) is 0.774. The number of nitrogens with zero attached hydrogens (tertiary/aromatic N) is 2. The number of carbonyl (C=O) groups excluding carboxylic acids is 2. The molecular formula is C22H19N3O5. The fourth-order valence-corrected chi connectivity index (χ4v) is 4.88. The summed E-state index contributed by atoms with van der Waals surface area (Å²) in [6.07, 6.45) is 6.84.